The lowest BCUT2D eigenvalue weighted by Gasteiger charge is -2.45. The molecule has 2 fully saturated rings. The first kappa shape index (κ1) is 18.7. The van der Waals surface area contributed by atoms with Crippen LogP contribution in [0.5, 0.6) is 0 Å². The molecule has 25 heavy (non-hydrogen) atoms. The van der Waals surface area contributed by atoms with Crippen molar-refractivity contribution in [2.24, 2.45) is 46.8 Å². The van der Waals surface area contributed by atoms with Gasteiger partial charge in [-0.3, -0.25) is 0 Å². The normalized spacial score (nSPS) is 41.2. The van der Waals surface area contributed by atoms with Crippen LogP contribution in [0.1, 0.15) is 60.3 Å². The fraction of sp³-hybridized carbons (Fsp3) is 0.680. The van der Waals surface area contributed by atoms with E-state index < -0.39 is 0 Å². The van der Waals surface area contributed by atoms with Gasteiger partial charge in [-0.1, -0.05) is 102 Å². The molecule has 0 N–H and O–H groups in total. The summed E-state index contributed by atoms with van der Waals surface area (Å²) in [6.45, 7) is 11.9. The van der Waals surface area contributed by atoms with Gasteiger partial charge in [0.2, 0.25) is 0 Å². The van der Waals surface area contributed by atoms with E-state index in [9.17, 15) is 0 Å². The van der Waals surface area contributed by atoms with Crippen LogP contribution in [0.2, 0.25) is 0 Å². The van der Waals surface area contributed by atoms with Gasteiger partial charge in [0.05, 0.1) is 0 Å². The van der Waals surface area contributed by atoms with Crippen molar-refractivity contribution in [3.8, 4) is 0 Å². The Morgan fingerprint density at radius 3 is 1.60 bits per heavy atom. The molecule has 0 nitrogen and oxygen atoms in total. The number of rotatable bonds is 2. The van der Waals surface area contributed by atoms with Crippen LogP contribution in [0.25, 0.3) is 0 Å². The maximum Gasteiger partial charge on any atom is -0.00954 e. The van der Waals surface area contributed by atoms with Crippen LogP contribution in [-0.2, 0) is 0 Å². The molecule has 0 radical (unpaired) electrons. The highest BCUT2D eigenvalue weighted by atomic mass is 14.6. The van der Waals surface area contributed by atoms with Crippen molar-refractivity contribution in [2.75, 3.05) is 0 Å². The third-order valence-electron chi connectivity index (χ3n) is 7.39. The van der Waals surface area contributed by atoms with Gasteiger partial charge in [0, 0.05) is 0 Å². The summed E-state index contributed by atoms with van der Waals surface area (Å²) in [7, 11) is 0. The second-order valence-corrected chi connectivity index (χ2v) is 9.42. The maximum absolute atomic E-state index is 2.59. The van der Waals surface area contributed by atoms with Gasteiger partial charge >= 0.3 is 0 Å². The van der Waals surface area contributed by atoms with E-state index in [1.807, 2.05) is 0 Å². The molecule has 0 saturated heterocycles. The van der Waals surface area contributed by atoms with E-state index in [-0.39, 0.29) is 0 Å². The molecule has 0 amide bonds. The zero-order chi connectivity index (χ0) is 18.0. The van der Waals surface area contributed by atoms with E-state index in [0.29, 0.717) is 5.41 Å². The standard InChI is InChI=1S/C22H30.C3H8/c1-15-9-8-14-20(15)22(2,3)21-18-12-6-4-10-16(18)17-11-5-7-13-19(17)21;1-3-2/h4-7,10-13,15-21H,8-9,14H2,1-3H3;3H2,1-2H3. The first-order valence-electron chi connectivity index (χ1n) is 10.7. The molecule has 0 aromatic heterocycles. The minimum absolute atomic E-state index is 0.434. The summed E-state index contributed by atoms with van der Waals surface area (Å²) in [5, 5.41) is 0. The fourth-order valence-electron chi connectivity index (χ4n) is 6.52. The van der Waals surface area contributed by atoms with Gasteiger partial charge in [-0.2, -0.15) is 0 Å². The molecule has 138 valence electrons. The molecule has 0 aliphatic heterocycles. The Bertz CT molecular complexity index is 525. The molecule has 0 aromatic rings. The van der Waals surface area contributed by atoms with Crippen LogP contribution in [-0.4, -0.2) is 0 Å². The number of hydrogen-bond donors (Lipinski definition) is 0. The molecular formula is C25H38. The monoisotopic (exact) mass is 338 g/mol. The van der Waals surface area contributed by atoms with Crippen molar-refractivity contribution < 1.29 is 0 Å². The SMILES string of the molecule is CC1CCCC1C(C)(C)C1C2C=CC=CC2C2C=CC=CC21.CCC. The molecule has 6 unspecified atom stereocenters. The minimum Gasteiger partial charge on any atom is -0.0805 e. The lowest BCUT2D eigenvalue weighted by atomic mass is 9.59. The largest absolute Gasteiger partial charge is 0.0805 e. The highest BCUT2D eigenvalue weighted by molar-refractivity contribution is 5.29. The summed E-state index contributed by atoms with van der Waals surface area (Å²) in [6, 6.07) is 0. The van der Waals surface area contributed by atoms with Crippen LogP contribution in [0.4, 0.5) is 0 Å². The van der Waals surface area contributed by atoms with E-state index >= 15 is 0 Å². The van der Waals surface area contributed by atoms with E-state index in [1.54, 1.807) is 0 Å². The topological polar surface area (TPSA) is 0 Å². The molecule has 2 saturated carbocycles. The lowest BCUT2D eigenvalue weighted by Crippen LogP contribution is -2.39. The first-order valence-corrected chi connectivity index (χ1v) is 10.7. The molecule has 0 spiro atoms. The molecular weight excluding hydrogens is 300 g/mol. The van der Waals surface area contributed by atoms with E-state index in [1.165, 1.54) is 25.7 Å². The maximum atomic E-state index is 2.59. The van der Waals surface area contributed by atoms with Crippen molar-refractivity contribution in [1.82, 2.24) is 0 Å². The van der Waals surface area contributed by atoms with Gasteiger partial charge in [-0.25, -0.2) is 0 Å². The molecule has 4 aliphatic rings. The summed E-state index contributed by atoms with van der Waals surface area (Å²) in [5.41, 5.74) is 0.434. The van der Waals surface area contributed by atoms with Gasteiger partial charge in [0.15, 0.2) is 0 Å². The molecule has 0 aromatic carbocycles. The van der Waals surface area contributed by atoms with Gasteiger partial charge in [-0.15, -0.1) is 0 Å². The van der Waals surface area contributed by atoms with Crippen LogP contribution in [0, 0.1) is 46.8 Å². The summed E-state index contributed by atoms with van der Waals surface area (Å²) < 4.78 is 0. The van der Waals surface area contributed by atoms with Crippen molar-refractivity contribution in [2.45, 2.75) is 60.3 Å². The second-order valence-electron chi connectivity index (χ2n) is 9.42. The summed E-state index contributed by atoms with van der Waals surface area (Å²) in [6.07, 6.45) is 24.7. The molecule has 4 rings (SSSR count). The van der Waals surface area contributed by atoms with E-state index in [2.05, 4.69) is 83.2 Å². The highest BCUT2D eigenvalue weighted by Crippen LogP contribution is 2.61. The third kappa shape index (κ3) is 3.34. The Hall–Kier alpha value is -1.04. The van der Waals surface area contributed by atoms with Crippen LogP contribution >= 0.6 is 0 Å². The van der Waals surface area contributed by atoms with Gasteiger partial charge in [-0.05, 0) is 53.3 Å². The molecule has 0 heterocycles. The third-order valence-corrected chi connectivity index (χ3v) is 7.39. The second kappa shape index (κ2) is 7.68. The van der Waals surface area contributed by atoms with Crippen molar-refractivity contribution in [3.63, 3.8) is 0 Å². The summed E-state index contributed by atoms with van der Waals surface area (Å²) in [4.78, 5) is 0. The zero-order valence-electron chi connectivity index (χ0n) is 17.0. The molecule has 0 bridgehead atoms. The van der Waals surface area contributed by atoms with Gasteiger partial charge in [0.25, 0.3) is 0 Å². The van der Waals surface area contributed by atoms with Crippen LogP contribution in [0.3, 0.4) is 0 Å². The minimum atomic E-state index is 0.434. The predicted molar refractivity (Wildman–Crippen MR) is 110 cm³/mol. The predicted octanol–water partition coefficient (Wildman–Crippen LogP) is 7.21. The first-order chi connectivity index (χ1) is 12.0. The van der Waals surface area contributed by atoms with E-state index in [4.69, 9.17) is 0 Å². The Morgan fingerprint density at radius 1 is 0.760 bits per heavy atom. The van der Waals surface area contributed by atoms with Crippen molar-refractivity contribution >= 4 is 0 Å². The van der Waals surface area contributed by atoms with E-state index in [0.717, 1.165) is 41.4 Å². The lowest BCUT2D eigenvalue weighted by molar-refractivity contribution is 0.0535. The summed E-state index contributed by atoms with van der Waals surface area (Å²) in [5.74, 6) is 5.49. The highest BCUT2D eigenvalue weighted by Gasteiger charge is 2.55. The Kier molecular flexibility index (Phi) is 5.76. The Morgan fingerprint density at radius 2 is 1.20 bits per heavy atom. The number of fused-ring (bicyclic) bond motifs is 3. The molecule has 4 aliphatic carbocycles. The van der Waals surface area contributed by atoms with Gasteiger partial charge in [0.1, 0.15) is 0 Å². The average molecular weight is 339 g/mol. The quantitative estimate of drug-likeness (QED) is 0.499. The van der Waals surface area contributed by atoms with Crippen LogP contribution in [0.15, 0.2) is 48.6 Å². The Labute approximate surface area is 156 Å². The van der Waals surface area contributed by atoms with Gasteiger partial charge < -0.3 is 0 Å². The van der Waals surface area contributed by atoms with Crippen molar-refractivity contribution in [1.29, 1.82) is 0 Å². The zero-order valence-corrected chi connectivity index (χ0v) is 17.0. The Balaban J connectivity index is 0.000000569. The number of hydrogen-bond acceptors (Lipinski definition) is 0. The number of allylic oxidation sites excluding steroid dienone is 8. The smallest absolute Gasteiger partial charge is 0.00954 e. The molecule has 6 atom stereocenters. The fourth-order valence-corrected chi connectivity index (χ4v) is 6.52. The summed E-state index contributed by atoms with van der Waals surface area (Å²) >= 11 is 0. The average Bonchev–Trinajstić information content (AvgIpc) is 3.17. The van der Waals surface area contributed by atoms with Crippen molar-refractivity contribution in [3.05, 3.63) is 48.6 Å². The van der Waals surface area contributed by atoms with Crippen LogP contribution < -0.4 is 0 Å². The molecule has 0 heteroatoms.